The Balaban J connectivity index is 1.37. The molecule has 1 atom stereocenters. The van der Waals surface area contributed by atoms with Crippen LogP contribution in [-0.4, -0.2) is 37.6 Å². The molecule has 0 aliphatic carbocycles. The second kappa shape index (κ2) is 7.37. The van der Waals surface area contributed by atoms with Gasteiger partial charge >= 0.3 is 0 Å². The number of hydrogen-bond donors (Lipinski definition) is 0. The quantitative estimate of drug-likeness (QED) is 0.505. The van der Waals surface area contributed by atoms with E-state index in [1.807, 2.05) is 54.1 Å². The van der Waals surface area contributed by atoms with Crippen LogP contribution in [0.15, 0.2) is 47.0 Å². The van der Waals surface area contributed by atoms with Crippen molar-refractivity contribution in [1.82, 2.24) is 25.1 Å². The molecule has 0 spiro atoms. The second-order valence-corrected chi connectivity index (χ2v) is 7.71. The van der Waals surface area contributed by atoms with Crippen LogP contribution in [0.5, 0.6) is 0 Å². The summed E-state index contributed by atoms with van der Waals surface area (Å²) >= 11 is 0. The van der Waals surface area contributed by atoms with Crippen molar-refractivity contribution >= 4 is 22.6 Å². The van der Waals surface area contributed by atoms with Crippen molar-refractivity contribution in [3.05, 3.63) is 53.9 Å². The van der Waals surface area contributed by atoms with Gasteiger partial charge in [0.25, 0.3) is 0 Å². The molecule has 1 saturated heterocycles. The molecular formula is C22H22N6O2. The Kier molecular flexibility index (Phi) is 4.54. The van der Waals surface area contributed by atoms with E-state index in [9.17, 15) is 4.79 Å². The molecule has 152 valence electrons. The van der Waals surface area contributed by atoms with Gasteiger partial charge in [-0.2, -0.15) is 4.98 Å². The van der Waals surface area contributed by atoms with Crippen LogP contribution >= 0.6 is 0 Å². The number of carbonyl (C=O) groups excluding carboxylic acids is 1. The van der Waals surface area contributed by atoms with Crippen molar-refractivity contribution in [3.8, 4) is 11.4 Å². The number of hydrogen-bond acceptors (Lipinski definition) is 6. The summed E-state index contributed by atoms with van der Waals surface area (Å²) in [6, 6.07) is 13.8. The zero-order valence-electron chi connectivity index (χ0n) is 16.9. The van der Waals surface area contributed by atoms with Crippen molar-refractivity contribution in [2.24, 2.45) is 0 Å². The summed E-state index contributed by atoms with van der Waals surface area (Å²) in [5, 5.41) is 12.6. The Bertz CT molecular complexity index is 1210. The maximum absolute atomic E-state index is 12.5. The molecule has 0 N–H and O–H groups in total. The number of aryl methyl sites for hydroxylation is 2. The van der Waals surface area contributed by atoms with Crippen LogP contribution in [0.1, 0.15) is 37.1 Å². The number of benzene rings is 2. The Morgan fingerprint density at radius 1 is 1.17 bits per heavy atom. The predicted molar refractivity (Wildman–Crippen MR) is 112 cm³/mol. The second-order valence-electron chi connectivity index (χ2n) is 7.71. The van der Waals surface area contributed by atoms with Gasteiger partial charge in [0.1, 0.15) is 5.52 Å². The van der Waals surface area contributed by atoms with E-state index in [-0.39, 0.29) is 11.8 Å². The summed E-state index contributed by atoms with van der Waals surface area (Å²) in [6.07, 6.45) is 1.36. The molecule has 1 amide bonds. The van der Waals surface area contributed by atoms with E-state index < -0.39 is 0 Å². The smallest absolute Gasteiger partial charge is 0.232 e. The molecule has 0 saturated carbocycles. The van der Waals surface area contributed by atoms with E-state index in [0.29, 0.717) is 24.7 Å². The lowest BCUT2D eigenvalue weighted by molar-refractivity contribution is -0.117. The number of carbonyl (C=O) groups is 1. The first kappa shape index (κ1) is 18.5. The SMILES string of the molecule is CCCn1nnc2cc(-c3noc([C@@H]4CC(=O)N(c5ccc(C)cc5)C4)n3)ccc21. The van der Waals surface area contributed by atoms with Crippen molar-refractivity contribution in [3.63, 3.8) is 0 Å². The molecule has 5 rings (SSSR count). The average Bonchev–Trinajstić information content (AvgIpc) is 3.47. The van der Waals surface area contributed by atoms with Gasteiger partial charge in [-0.1, -0.05) is 35.0 Å². The van der Waals surface area contributed by atoms with Crippen molar-refractivity contribution in [1.29, 1.82) is 0 Å². The summed E-state index contributed by atoms with van der Waals surface area (Å²) in [5.74, 6) is 0.938. The fourth-order valence-electron chi connectivity index (χ4n) is 3.85. The van der Waals surface area contributed by atoms with E-state index in [2.05, 4.69) is 27.4 Å². The molecule has 3 heterocycles. The molecule has 8 nitrogen and oxygen atoms in total. The molecule has 1 aliphatic rings. The lowest BCUT2D eigenvalue weighted by Gasteiger charge is -2.16. The molecule has 4 aromatic rings. The van der Waals surface area contributed by atoms with Gasteiger partial charge in [0, 0.05) is 30.8 Å². The minimum Gasteiger partial charge on any atom is -0.339 e. The summed E-state index contributed by atoms with van der Waals surface area (Å²) in [6.45, 7) is 5.50. The molecular weight excluding hydrogens is 380 g/mol. The van der Waals surface area contributed by atoms with Gasteiger partial charge in [0.05, 0.1) is 11.4 Å². The molecule has 8 heteroatoms. The van der Waals surface area contributed by atoms with E-state index in [1.54, 1.807) is 4.90 Å². The molecule has 1 fully saturated rings. The largest absolute Gasteiger partial charge is 0.339 e. The third-order valence-electron chi connectivity index (χ3n) is 5.47. The minimum atomic E-state index is -0.116. The maximum Gasteiger partial charge on any atom is 0.232 e. The first-order chi connectivity index (χ1) is 14.6. The zero-order valence-corrected chi connectivity index (χ0v) is 16.9. The van der Waals surface area contributed by atoms with Gasteiger partial charge in [0.15, 0.2) is 0 Å². The molecule has 2 aromatic heterocycles. The van der Waals surface area contributed by atoms with Crippen LogP contribution in [-0.2, 0) is 11.3 Å². The van der Waals surface area contributed by atoms with E-state index >= 15 is 0 Å². The van der Waals surface area contributed by atoms with Crippen LogP contribution in [0.3, 0.4) is 0 Å². The highest BCUT2D eigenvalue weighted by Gasteiger charge is 2.35. The van der Waals surface area contributed by atoms with Gasteiger partial charge in [-0.3, -0.25) is 4.79 Å². The predicted octanol–water partition coefficient (Wildman–Crippen LogP) is 3.72. The van der Waals surface area contributed by atoms with E-state index in [1.165, 1.54) is 0 Å². The fourth-order valence-corrected chi connectivity index (χ4v) is 3.85. The van der Waals surface area contributed by atoms with Crippen molar-refractivity contribution in [2.75, 3.05) is 11.4 Å². The molecule has 0 radical (unpaired) electrons. The van der Waals surface area contributed by atoms with Gasteiger partial charge in [0.2, 0.25) is 17.6 Å². The van der Waals surface area contributed by atoms with Gasteiger partial charge in [-0.15, -0.1) is 5.10 Å². The van der Waals surface area contributed by atoms with E-state index in [4.69, 9.17) is 4.52 Å². The highest BCUT2D eigenvalue weighted by Crippen LogP contribution is 2.32. The number of nitrogens with zero attached hydrogens (tertiary/aromatic N) is 6. The first-order valence-electron chi connectivity index (χ1n) is 10.2. The van der Waals surface area contributed by atoms with Crippen LogP contribution in [0.25, 0.3) is 22.4 Å². The Morgan fingerprint density at radius 3 is 2.80 bits per heavy atom. The number of rotatable bonds is 5. The van der Waals surface area contributed by atoms with Crippen LogP contribution in [0.4, 0.5) is 5.69 Å². The van der Waals surface area contributed by atoms with Gasteiger partial charge in [-0.05, 0) is 43.7 Å². The number of amides is 1. The Morgan fingerprint density at radius 2 is 2.00 bits per heavy atom. The van der Waals surface area contributed by atoms with Gasteiger partial charge < -0.3 is 9.42 Å². The van der Waals surface area contributed by atoms with Crippen LogP contribution in [0.2, 0.25) is 0 Å². The normalized spacial score (nSPS) is 16.7. The highest BCUT2D eigenvalue weighted by atomic mass is 16.5. The maximum atomic E-state index is 12.5. The number of aromatic nitrogens is 5. The number of anilines is 1. The van der Waals surface area contributed by atoms with Crippen LogP contribution in [0, 0.1) is 6.92 Å². The Hall–Kier alpha value is -3.55. The molecule has 1 aliphatic heterocycles. The number of fused-ring (bicyclic) bond motifs is 1. The van der Waals surface area contributed by atoms with Gasteiger partial charge in [-0.25, -0.2) is 4.68 Å². The monoisotopic (exact) mass is 402 g/mol. The standard InChI is InChI=1S/C22H22N6O2/c1-3-10-28-19-9-6-15(11-18(19)24-26-28)21-23-22(30-25-21)16-12-20(29)27(13-16)17-7-4-14(2)5-8-17/h4-9,11,16H,3,10,12-13H2,1-2H3/t16-/m1/s1. The van der Waals surface area contributed by atoms with E-state index in [0.717, 1.165) is 40.8 Å². The average molecular weight is 402 g/mol. The molecule has 0 bridgehead atoms. The molecule has 30 heavy (non-hydrogen) atoms. The lowest BCUT2D eigenvalue weighted by Crippen LogP contribution is -2.24. The summed E-state index contributed by atoms with van der Waals surface area (Å²) in [7, 11) is 0. The summed E-state index contributed by atoms with van der Waals surface area (Å²) < 4.78 is 7.42. The first-order valence-corrected chi connectivity index (χ1v) is 10.2. The van der Waals surface area contributed by atoms with Crippen molar-refractivity contribution < 1.29 is 9.32 Å². The minimum absolute atomic E-state index is 0.0672. The zero-order chi connectivity index (χ0) is 20.7. The molecule has 0 unspecified atom stereocenters. The molecule has 2 aromatic carbocycles. The van der Waals surface area contributed by atoms with Crippen molar-refractivity contribution in [2.45, 2.75) is 39.2 Å². The fraction of sp³-hybridized carbons (Fsp3) is 0.318. The Labute approximate surface area is 173 Å². The van der Waals surface area contributed by atoms with Crippen LogP contribution < -0.4 is 4.90 Å². The summed E-state index contributed by atoms with van der Waals surface area (Å²) in [4.78, 5) is 18.9. The lowest BCUT2D eigenvalue weighted by atomic mass is 10.1. The third kappa shape index (κ3) is 3.24. The highest BCUT2D eigenvalue weighted by molar-refractivity contribution is 5.96. The third-order valence-corrected chi connectivity index (χ3v) is 5.47. The topological polar surface area (TPSA) is 89.9 Å². The summed E-state index contributed by atoms with van der Waals surface area (Å²) in [5.41, 5.74) is 4.66.